The van der Waals surface area contributed by atoms with Gasteiger partial charge in [0.1, 0.15) is 5.75 Å². The molecule has 0 atom stereocenters. The van der Waals surface area contributed by atoms with Gasteiger partial charge in [-0.25, -0.2) is 5.43 Å². The third kappa shape index (κ3) is 4.92. The van der Waals surface area contributed by atoms with E-state index in [-0.39, 0.29) is 12.1 Å². The van der Waals surface area contributed by atoms with Gasteiger partial charge in [-0.15, -0.1) is 0 Å². The number of rotatable bonds is 7. The summed E-state index contributed by atoms with van der Waals surface area (Å²) in [6, 6.07) is 13.4. The summed E-state index contributed by atoms with van der Waals surface area (Å²) < 4.78 is 7.44. The third-order valence-electron chi connectivity index (χ3n) is 4.78. The molecule has 160 valence electrons. The molecule has 31 heavy (non-hydrogen) atoms. The van der Waals surface area contributed by atoms with Crippen LogP contribution in [0.5, 0.6) is 5.75 Å². The van der Waals surface area contributed by atoms with Crippen molar-refractivity contribution in [3.63, 3.8) is 0 Å². The van der Waals surface area contributed by atoms with Gasteiger partial charge in [-0.2, -0.15) is 5.10 Å². The highest BCUT2D eigenvalue weighted by molar-refractivity contribution is 6.30. The molecule has 0 aliphatic heterocycles. The molecule has 1 aromatic heterocycles. The van der Waals surface area contributed by atoms with E-state index in [1.54, 1.807) is 37.4 Å². The van der Waals surface area contributed by atoms with Gasteiger partial charge in [0.05, 0.1) is 30.4 Å². The fraction of sp³-hybridized carbons (Fsp3) is 0.182. The molecular formula is C22H21ClN4O4. The van der Waals surface area contributed by atoms with Crippen molar-refractivity contribution >= 4 is 29.4 Å². The second kappa shape index (κ2) is 9.44. The van der Waals surface area contributed by atoms with Crippen LogP contribution in [-0.2, 0) is 11.2 Å². The topological polar surface area (TPSA) is 98.8 Å². The first-order valence-electron chi connectivity index (χ1n) is 9.39. The number of nitrogens with zero attached hydrogens (tertiary/aromatic N) is 3. The molecule has 3 aromatic rings. The number of nitrogens with one attached hydrogen (secondary N) is 1. The van der Waals surface area contributed by atoms with Crippen molar-refractivity contribution in [3.8, 4) is 11.4 Å². The fourth-order valence-corrected chi connectivity index (χ4v) is 3.52. The van der Waals surface area contributed by atoms with E-state index in [0.717, 1.165) is 22.6 Å². The lowest BCUT2D eigenvalue weighted by Crippen LogP contribution is -2.20. The predicted octanol–water partition coefficient (Wildman–Crippen LogP) is 4.36. The Morgan fingerprint density at radius 2 is 2.00 bits per heavy atom. The maximum atomic E-state index is 12.2. The van der Waals surface area contributed by atoms with Crippen LogP contribution in [0, 0.1) is 24.0 Å². The van der Waals surface area contributed by atoms with E-state index in [1.165, 1.54) is 12.3 Å². The first-order valence-corrected chi connectivity index (χ1v) is 9.76. The maximum absolute atomic E-state index is 12.2. The van der Waals surface area contributed by atoms with Crippen LogP contribution >= 0.6 is 11.6 Å². The number of aromatic nitrogens is 1. The lowest BCUT2D eigenvalue weighted by Gasteiger charge is -2.14. The van der Waals surface area contributed by atoms with E-state index in [9.17, 15) is 14.9 Å². The van der Waals surface area contributed by atoms with Crippen LogP contribution in [0.25, 0.3) is 5.69 Å². The summed E-state index contributed by atoms with van der Waals surface area (Å²) in [5.41, 5.74) is 6.07. The standard InChI is InChI=1S/C22H21ClN4O4/c1-14-10-17(15(2)26(14)20-12-18(23)8-9-21(20)31-3)13-24-25-22(28)11-16-6-4-5-7-19(16)27(29)30/h4-10,12-13H,11H2,1-3H3,(H,25,28). The molecular weight excluding hydrogens is 420 g/mol. The summed E-state index contributed by atoms with van der Waals surface area (Å²) in [5, 5.41) is 15.7. The quantitative estimate of drug-likeness (QED) is 0.335. The predicted molar refractivity (Wildman–Crippen MR) is 119 cm³/mol. The summed E-state index contributed by atoms with van der Waals surface area (Å²) in [6.07, 6.45) is 1.39. The monoisotopic (exact) mass is 440 g/mol. The first-order chi connectivity index (χ1) is 14.8. The average Bonchev–Trinajstić information content (AvgIpc) is 3.01. The molecule has 9 heteroatoms. The molecule has 0 saturated heterocycles. The average molecular weight is 441 g/mol. The minimum Gasteiger partial charge on any atom is -0.495 e. The molecule has 0 aliphatic carbocycles. The van der Waals surface area contributed by atoms with Crippen LogP contribution < -0.4 is 10.2 Å². The van der Waals surface area contributed by atoms with E-state index >= 15 is 0 Å². The van der Waals surface area contributed by atoms with Crippen molar-refractivity contribution in [3.05, 3.63) is 86.2 Å². The van der Waals surface area contributed by atoms with Gasteiger partial charge in [-0.1, -0.05) is 29.8 Å². The molecule has 1 N–H and O–H groups in total. The van der Waals surface area contributed by atoms with Gasteiger partial charge in [-0.3, -0.25) is 14.9 Å². The van der Waals surface area contributed by atoms with Crippen LogP contribution in [0.15, 0.2) is 53.6 Å². The smallest absolute Gasteiger partial charge is 0.273 e. The Balaban J connectivity index is 1.77. The van der Waals surface area contributed by atoms with Crippen LogP contribution in [0.4, 0.5) is 5.69 Å². The van der Waals surface area contributed by atoms with Crippen molar-refractivity contribution in [1.82, 2.24) is 9.99 Å². The van der Waals surface area contributed by atoms with E-state index in [1.807, 2.05) is 30.5 Å². The normalized spacial score (nSPS) is 11.0. The fourth-order valence-electron chi connectivity index (χ4n) is 3.35. The van der Waals surface area contributed by atoms with E-state index < -0.39 is 10.8 Å². The SMILES string of the molecule is COc1ccc(Cl)cc1-n1c(C)cc(C=NNC(=O)Cc2ccccc2[N+](=O)[O-])c1C. The van der Waals surface area contributed by atoms with Crippen LogP contribution in [0.2, 0.25) is 5.02 Å². The number of methoxy groups -OCH3 is 1. The molecule has 0 spiro atoms. The Morgan fingerprint density at radius 3 is 2.71 bits per heavy atom. The number of hydrogen-bond donors (Lipinski definition) is 1. The molecule has 0 bridgehead atoms. The molecule has 2 aromatic carbocycles. The molecule has 0 unspecified atom stereocenters. The van der Waals surface area contributed by atoms with Gasteiger partial charge in [-0.05, 0) is 38.1 Å². The summed E-state index contributed by atoms with van der Waals surface area (Å²) in [6.45, 7) is 3.86. The number of hydrogen-bond acceptors (Lipinski definition) is 5. The lowest BCUT2D eigenvalue weighted by atomic mass is 10.1. The van der Waals surface area contributed by atoms with Gasteiger partial charge in [0.25, 0.3) is 5.69 Å². The lowest BCUT2D eigenvalue weighted by molar-refractivity contribution is -0.385. The maximum Gasteiger partial charge on any atom is 0.273 e. The second-order valence-corrected chi connectivity index (χ2v) is 7.27. The second-order valence-electron chi connectivity index (χ2n) is 6.83. The van der Waals surface area contributed by atoms with Gasteiger partial charge >= 0.3 is 0 Å². The van der Waals surface area contributed by atoms with Crippen molar-refractivity contribution in [1.29, 1.82) is 0 Å². The molecule has 1 amide bonds. The number of ether oxygens (including phenoxy) is 1. The summed E-state index contributed by atoms with van der Waals surface area (Å²) in [4.78, 5) is 22.8. The van der Waals surface area contributed by atoms with Gasteiger partial charge in [0, 0.05) is 33.6 Å². The molecule has 8 nitrogen and oxygen atoms in total. The van der Waals surface area contributed by atoms with Crippen molar-refractivity contribution < 1.29 is 14.5 Å². The minimum atomic E-state index is -0.509. The van der Waals surface area contributed by atoms with Crippen LogP contribution in [0.1, 0.15) is 22.5 Å². The van der Waals surface area contributed by atoms with E-state index in [2.05, 4.69) is 10.5 Å². The third-order valence-corrected chi connectivity index (χ3v) is 5.02. The zero-order valence-corrected chi connectivity index (χ0v) is 18.0. The summed E-state index contributed by atoms with van der Waals surface area (Å²) in [7, 11) is 1.59. The molecule has 0 radical (unpaired) electrons. The van der Waals surface area contributed by atoms with Gasteiger partial charge in [0.15, 0.2) is 0 Å². The molecule has 0 saturated carbocycles. The number of benzene rings is 2. The van der Waals surface area contributed by atoms with Crippen molar-refractivity contribution in [2.24, 2.45) is 5.10 Å². The van der Waals surface area contributed by atoms with Crippen molar-refractivity contribution in [2.75, 3.05) is 7.11 Å². The number of aryl methyl sites for hydroxylation is 1. The zero-order chi connectivity index (χ0) is 22.5. The van der Waals surface area contributed by atoms with Crippen LogP contribution in [0.3, 0.4) is 0 Å². The number of carbonyl (C=O) groups is 1. The van der Waals surface area contributed by atoms with Gasteiger partial charge < -0.3 is 9.30 Å². The zero-order valence-electron chi connectivity index (χ0n) is 17.3. The number of hydrazone groups is 1. The highest BCUT2D eigenvalue weighted by Crippen LogP contribution is 2.30. The van der Waals surface area contributed by atoms with E-state index in [0.29, 0.717) is 16.3 Å². The summed E-state index contributed by atoms with van der Waals surface area (Å²) >= 11 is 6.17. The summed E-state index contributed by atoms with van der Waals surface area (Å²) in [5.74, 6) is 0.225. The van der Waals surface area contributed by atoms with Gasteiger partial charge in [0.2, 0.25) is 5.91 Å². The molecule has 0 aliphatic rings. The number of nitro groups is 1. The highest BCUT2D eigenvalue weighted by Gasteiger charge is 2.16. The van der Waals surface area contributed by atoms with E-state index in [4.69, 9.17) is 16.3 Å². The molecule has 0 fully saturated rings. The van der Waals surface area contributed by atoms with Crippen molar-refractivity contribution in [2.45, 2.75) is 20.3 Å². The Hall–Kier alpha value is -3.65. The Bertz CT molecular complexity index is 1170. The number of nitro benzene ring substituents is 1. The molecule has 1 heterocycles. The number of amides is 1. The Morgan fingerprint density at radius 1 is 1.26 bits per heavy atom. The number of halogens is 1. The Labute approximate surface area is 184 Å². The number of para-hydroxylation sites is 1. The Kier molecular flexibility index (Phi) is 6.71. The largest absolute Gasteiger partial charge is 0.495 e. The van der Waals surface area contributed by atoms with Crippen LogP contribution in [-0.4, -0.2) is 28.7 Å². The highest BCUT2D eigenvalue weighted by atomic mass is 35.5. The minimum absolute atomic E-state index is 0.0966. The first kappa shape index (κ1) is 22.0. The number of carbonyl (C=O) groups excluding carboxylic acids is 1. The molecule has 3 rings (SSSR count).